The largest absolute Gasteiger partial charge is 0.423 e. The second-order valence-electron chi connectivity index (χ2n) is 6.70. The van der Waals surface area contributed by atoms with Crippen LogP contribution in [0.4, 0.5) is 0 Å². The molecule has 23 heavy (non-hydrogen) atoms. The number of fused-ring (bicyclic) bond motifs is 1. The number of aliphatic hydroxyl groups excluding tert-OH is 1. The third-order valence-corrected chi connectivity index (χ3v) is 4.84. The van der Waals surface area contributed by atoms with Crippen LogP contribution in [0.3, 0.4) is 0 Å². The van der Waals surface area contributed by atoms with Gasteiger partial charge in [-0.1, -0.05) is 6.07 Å². The third kappa shape index (κ3) is 3.63. The molecule has 0 bridgehead atoms. The average Bonchev–Trinajstić information content (AvgIpc) is 2.48. The van der Waals surface area contributed by atoms with Crippen molar-refractivity contribution in [3.63, 3.8) is 0 Å². The predicted octanol–water partition coefficient (Wildman–Crippen LogP) is -1.31. The number of rotatable bonds is 4. The summed E-state index contributed by atoms with van der Waals surface area (Å²) in [6.07, 6.45) is 0. The smallest absolute Gasteiger partial charge is 0.336 e. The molecule has 0 spiro atoms. The molecular weight excluding hydrogens is 292 g/mol. The molecule has 0 amide bonds. The molecule has 5 nitrogen and oxygen atoms in total. The van der Waals surface area contributed by atoms with Crippen LogP contribution in [0.5, 0.6) is 0 Å². The van der Waals surface area contributed by atoms with E-state index in [0.29, 0.717) is 5.58 Å². The molecule has 2 heterocycles. The van der Waals surface area contributed by atoms with Crippen LogP contribution in [-0.2, 0) is 6.54 Å². The van der Waals surface area contributed by atoms with Crippen LogP contribution in [0.25, 0.3) is 11.0 Å². The van der Waals surface area contributed by atoms with Crippen molar-refractivity contribution in [1.82, 2.24) is 0 Å². The normalized spacial score (nSPS) is 21.7. The minimum atomic E-state index is -0.263. The van der Waals surface area contributed by atoms with Crippen molar-refractivity contribution in [1.29, 1.82) is 0 Å². The average molecular weight is 318 g/mol. The summed E-state index contributed by atoms with van der Waals surface area (Å²) in [5.74, 6) is 0. The zero-order valence-corrected chi connectivity index (χ0v) is 13.9. The Hall–Kier alpha value is -1.69. The van der Waals surface area contributed by atoms with Gasteiger partial charge in [-0.25, -0.2) is 4.79 Å². The van der Waals surface area contributed by atoms with E-state index in [1.807, 2.05) is 13.0 Å². The van der Waals surface area contributed by atoms with E-state index in [-0.39, 0.29) is 12.2 Å². The van der Waals surface area contributed by atoms with Crippen LogP contribution in [0.15, 0.2) is 27.4 Å². The lowest BCUT2D eigenvalue weighted by Gasteiger charge is -2.29. The number of piperazine rings is 1. The van der Waals surface area contributed by atoms with E-state index in [2.05, 4.69) is 13.0 Å². The molecule has 3 rings (SSSR count). The Labute approximate surface area is 136 Å². The molecule has 1 aromatic carbocycles. The zero-order chi connectivity index (χ0) is 16.4. The Morgan fingerprint density at radius 3 is 2.48 bits per heavy atom. The molecule has 3 N–H and O–H groups in total. The fourth-order valence-corrected chi connectivity index (χ4v) is 3.72. The number of hydrogen-bond acceptors (Lipinski definition) is 3. The van der Waals surface area contributed by atoms with E-state index in [1.165, 1.54) is 15.4 Å². The van der Waals surface area contributed by atoms with Gasteiger partial charge >= 0.3 is 5.63 Å². The molecule has 0 aliphatic carbocycles. The van der Waals surface area contributed by atoms with Crippen LogP contribution in [0.2, 0.25) is 0 Å². The van der Waals surface area contributed by atoms with E-state index >= 15 is 0 Å². The number of nitrogens with one attached hydrogen (secondary N) is 2. The topological polar surface area (TPSA) is 59.3 Å². The molecule has 1 aliphatic heterocycles. The molecule has 1 fully saturated rings. The van der Waals surface area contributed by atoms with Crippen molar-refractivity contribution in [2.75, 3.05) is 39.3 Å². The Morgan fingerprint density at radius 1 is 1.09 bits per heavy atom. The van der Waals surface area contributed by atoms with Crippen molar-refractivity contribution in [2.45, 2.75) is 20.4 Å². The van der Waals surface area contributed by atoms with Crippen LogP contribution in [-0.4, -0.2) is 44.4 Å². The summed E-state index contributed by atoms with van der Waals surface area (Å²) >= 11 is 0. The first kappa shape index (κ1) is 16.2. The highest BCUT2D eigenvalue weighted by atomic mass is 16.4. The van der Waals surface area contributed by atoms with Gasteiger partial charge in [0, 0.05) is 17.0 Å². The van der Waals surface area contributed by atoms with Gasteiger partial charge in [0.05, 0.1) is 6.61 Å². The lowest BCUT2D eigenvalue weighted by atomic mass is 10.0. The number of aliphatic hydroxyl groups is 1. The summed E-state index contributed by atoms with van der Waals surface area (Å²) < 4.78 is 5.41. The highest BCUT2D eigenvalue weighted by Crippen LogP contribution is 2.22. The van der Waals surface area contributed by atoms with E-state index < -0.39 is 0 Å². The van der Waals surface area contributed by atoms with Gasteiger partial charge in [-0.2, -0.15) is 0 Å². The Kier molecular flexibility index (Phi) is 4.80. The van der Waals surface area contributed by atoms with E-state index in [4.69, 9.17) is 9.52 Å². The molecule has 2 aromatic rings. The number of hydrogen-bond donors (Lipinski definition) is 3. The number of aryl methyl sites for hydroxylation is 2. The first-order valence-corrected chi connectivity index (χ1v) is 8.39. The van der Waals surface area contributed by atoms with Crippen LogP contribution < -0.4 is 15.4 Å². The Balaban J connectivity index is 1.85. The third-order valence-electron chi connectivity index (χ3n) is 4.84. The molecule has 1 aliphatic rings. The van der Waals surface area contributed by atoms with Gasteiger partial charge in [0.25, 0.3) is 0 Å². The lowest BCUT2D eigenvalue weighted by Crippen LogP contribution is -3.27. The number of benzene rings is 1. The van der Waals surface area contributed by atoms with Crippen molar-refractivity contribution in [3.8, 4) is 0 Å². The summed E-state index contributed by atoms with van der Waals surface area (Å²) in [5.41, 5.74) is 3.82. The monoisotopic (exact) mass is 318 g/mol. The van der Waals surface area contributed by atoms with Crippen LogP contribution >= 0.6 is 0 Å². The second-order valence-corrected chi connectivity index (χ2v) is 6.70. The molecule has 0 radical (unpaired) electrons. The van der Waals surface area contributed by atoms with E-state index in [1.54, 1.807) is 6.07 Å². The van der Waals surface area contributed by atoms with Gasteiger partial charge in [-0.05, 0) is 31.0 Å². The molecular formula is C18H26N2O3+2. The maximum absolute atomic E-state index is 11.9. The lowest BCUT2D eigenvalue weighted by molar-refractivity contribution is -1.02. The molecule has 1 saturated heterocycles. The molecule has 0 unspecified atom stereocenters. The standard InChI is InChI=1S/C18H24N2O3/c1-13-9-14(2)18-15(11-17(22)23-16(18)10-13)12-20-5-3-19(4-6-20)7-8-21/h9-11,21H,3-8,12H2,1-2H3/p+2. The molecule has 124 valence electrons. The quantitative estimate of drug-likeness (QED) is 0.613. The minimum absolute atomic E-state index is 0.258. The molecule has 0 saturated carbocycles. The fourth-order valence-electron chi connectivity index (χ4n) is 3.72. The second kappa shape index (κ2) is 6.83. The van der Waals surface area contributed by atoms with Crippen LogP contribution in [0, 0.1) is 13.8 Å². The Bertz CT molecular complexity index is 746. The summed E-state index contributed by atoms with van der Waals surface area (Å²) in [6, 6.07) is 5.75. The Morgan fingerprint density at radius 2 is 1.78 bits per heavy atom. The van der Waals surface area contributed by atoms with Gasteiger partial charge in [-0.3, -0.25) is 0 Å². The summed E-state index contributed by atoms with van der Waals surface area (Å²) in [5, 5.41) is 10.1. The molecule has 0 atom stereocenters. The first-order valence-electron chi connectivity index (χ1n) is 8.39. The van der Waals surface area contributed by atoms with E-state index in [0.717, 1.165) is 55.8 Å². The van der Waals surface area contributed by atoms with Crippen molar-refractivity contribution in [3.05, 3.63) is 45.3 Å². The van der Waals surface area contributed by atoms with Gasteiger partial charge in [0.1, 0.15) is 44.9 Å². The maximum Gasteiger partial charge on any atom is 0.336 e. The van der Waals surface area contributed by atoms with Crippen molar-refractivity contribution >= 4 is 11.0 Å². The summed E-state index contributed by atoms with van der Waals surface area (Å²) in [4.78, 5) is 14.9. The molecule has 1 aromatic heterocycles. The summed E-state index contributed by atoms with van der Waals surface area (Å²) in [7, 11) is 0. The highest BCUT2D eigenvalue weighted by molar-refractivity contribution is 5.84. The maximum atomic E-state index is 11.9. The van der Waals surface area contributed by atoms with Gasteiger partial charge < -0.3 is 19.3 Å². The highest BCUT2D eigenvalue weighted by Gasteiger charge is 2.23. The molecule has 5 heteroatoms. The van der Waals surface area contributed by atoms with Crippen molar-refractivity contribution in [2.24, 2.45) is 0 Å². The predicted molar refractivity (Wildman–Crippen MR) is 89.0 cm³/mol. The minimum Gasteiger partial charge on any atom is -0.423 e. The zero-order valence-electron chi connectivity index (χ0n) is 13.9. The van der Waals surface area contributed by atoms with Gasteiger partial charge in [0.15, 0.2) is 0 Å². The summed E-state index contributed by atoms with van der Waals surface area (Å²) in [6.45, 7) is 10.4. The first-order chi connectivity index (χ1) is 11.1. The van der Waals surface area contributed by atoms with Gasteiger partial charge in [0.2, 0.25) is 0 Å². The number of quaternary nitrogens is 2. The fraction of sp³-hybridized carbons (Fsp3) is 0.500. The van der Waals surface area contributed by atoms with Crippen LogP contribution in [0.1, 0.15) is 16.7 Å². The van der Waals surface area contributed by atoms with Crippen molar-refractivity contribution < 1.29 is 19.3 Å². The SMILES string of the molecule is Cc1cc(C)c2c(C[NH+]3CC[NH+](CCO)CC3)cc(=O)oc2c1. The van der Waals surface area contributed by atoms with E-state index in [9.17, 15) is 4.79 Å². The van der Waals surface area contributed by atoms with Gasteiger partial charge in [-0.15, -0.1) is 0 Å².